The lowest BCUT2D eigenvalue weighted by molar-refractivity contribution is 0.0527. The second-order valence-electron chi connectivity index (χ2n) is 6.20. The lowest BCUT2D eigenvalue weighted by Gasteiger charge is -2.13. The van der Waals surface area contributed by atoms with E-state index >= 15 is 0 Å². The Morgan fingerprint density at radius 3 is 2.61 bits per heavy atom. The van der Waals surface area contributed by atoms with Crippen molar-refractivity contribution in [2.24, 2.45) is 0 Å². The first-order chi connectivity index (χ1) is 13.5. The van der Waals surface area contributed by atoms with Crippen LogP contribution < -0.4 is 10.6 Å². The van der Waals surface area contributed by atoms with Crippen LogP contribution in [0.4, 0.5) is 23.1 Å². The minimum Gasteiger partial charge on any atom is -0.462 e. The fourth-order valence-electron chi connectivity index (χ4n) is 2.61. The van der Waals surface area contributed by atoms with Crippen molar-refractivity contribution in [3.05, 3.63) is 70.4 Å². The maximum absolute atomic E-state index is 12.2. The Balaban J connectivity index is 1.86. The first kappa shape index (κ1) is 19.6. The Kier molecular flexibility index (Phi) is 6.11. The summed E-state index contributed by atoms with van der Waals surface area (Å²) in [7, 11) is 0. The molecule has 0 fully saturated rings. The van der Waals surface area contributed by atoms with E-state index in [1.165, 1.54) is 0 Å². The van der Waals surface area contributed by atoms with Crippen LogP contribution in [0.25, 0.3) is 0 Å². The van der Waals surface area contributed by atoms with Crippen LogP contribution in [-0.4, -0.2) is 22.5 Å². The van der Waals surface area contributed by atoms with Crippen LogP contribution in [0.1, 0.15) is 28.5 Å². The number of esters is 1. The largest absolute Gasteiger partial charge is 0.462 e. The first-order valence-electron chi connectivity index (χ1n) is 8.88. The minimum absolute atomic E-state index is 0.307. The molecule has 144 valence electrons. The first-order valence-corrected chi connectivity index (χ1v) is 9.26. The predicted molar refractivity (Wildman–Crippen MR) is 112 cm³/mol. The van der Waals surface area contributed by atoms with E-state index < -0.39 is 5.97 Å². The van der Waals surface area contributed by atoms with E-state index in [0.29, 0.717) is 34.6 Å². The van der Waals surface area contributed by atoms with Crippen LogP contribution in [0.15, 0.2) is 48.5 Å². The summed E-state index contributed by atoms with van der Waals surface area (Å²) in [5.74, 6) is 0.590. The molecule has 0 saturated carbocycles. The molecule has 0 radical (unpaired) electrons. The van der Waals surface area contributed by atoms with Gasteiger partial charge in [-0.2, -0.15) is 4.98 Å². The number of aromatic nitrogens is 2. The number of hydrogen-bond donors (Lipinski definition) is 2. The molecule has 1 aromatic heterocycles. The average molecular weight is 397 g/mol. The fourth-order valence-corrected chi connectivity index (χ4v) is 2.79. The average Bonchev–Trinajstić information content (AvgIpc) is 2.65. The summed E-state index contributed by atoms with van der Waals surface area (Å²) in [4.78, 5) is 21.1. The van der Waals surface area contributed by atoms with Gasteiger partial charge in [0.15, 0.2) is 0 Å². The van der Waals surface area contributed by atoms with Crippen molar-refractivity contribution in [2.75, 3.05) is 17.2 Å². The summed E-state index contributed by atoms with van der Waals surface area (Å²) in [6.07, 6.45) is 0. The quantitative estimate of drug-likeness (QED) is 0.542. The van der Waals surface area contributed by atoms with Crippen molar-refractivity contribution in [1.82, 2.24) is 9.97 Å². The van der Waals surface area contributed by atoms with Gasteiger partial charge in [-0.05, 0) is 50.6 Å². The Labute approximate surface area is 168 Å². The highest BCUT2D eigenvalue weighted by molar-refractivity contribution is 6.31. The van der Waals surface area contributed by atoms with E-state index in [4.69, 9.17) is 16.3 Å². The second kappa shape index (κ2) is 8.71. The zero-order chi connectivity index (χ0) is 20.1. The van der Waals surface area contributed by atoms with Crippen molar-refractivity contribution >= 4 is 40.7 Å². The van der Waals surface area contributed by atoms with Gasteiger partial charge in [-0.25, -0.2) is 9.78 Å². The smallest absolute Gasteiger partial charge is 0.340 e. The Morgan fingerprint density at radius 2 is 1.86 bits per heavy atom. The van der Waals surface area contributed by atoms with Crippen molar-refractivity contribution in [1.29, 1.82) is 0 Å². The van der Waals surface area contributed by atoms with Crippen LogP contribution >= 0.6 is 11.6 Å². The monoisotopic (exact) mass is 396 g/mol. The molecule has 7 heteroatoms. The van der Waals surface area contributed by atoms with Crippen molar-refractivity contribution < 1.29 is 9.53 Å². The Morgan fingerprint density at radius 1 is 1.07 bits per heavy atom. The molecule has 0 spiro atoms. The van der Waals surface area contributed by atoms with Gasteiger partial charge in [-0.3, -0.25) is 0 Å². The molecule has 0 bridgehead atoms. The van der Waals surface area contributed by atoms with Crippen LogP contribution in [0.5, 0.6) is 0 Å². The summed E-state index contributed by atoms with van der Waals surface area (Å²) >= 11 is 6.19. The molecule has 0 saturated heterocycles. The van der Waals surface area contributed by atoms with Gasteiger partial charge in [-0.15, -0.1) is 0 Å². The molecule has 0 amide bonds. The summed E-state index contributed by atoms with van der Waals surface area (Å²) in [5, 5.41) is 7.02. The molecule has 28 heavy (non-hydrogen) atoms. The maximum atomic E-state index is 12.2. The number of carbonyl (C=O) groups is 1. The van der Waals surface area contributed by atoms with Gasteiger partial charge in [0.2, 0.25) is 5.95 Å². The highest BCUT2D eigenvalue weighted by atomic mass is 35.5. The number of hydrogen-bond acceptors (Lipinski definition) is 6. The normalized spacial score (nSPS) is 10.4. The second-order valence-corrected chi connectivity index (χ2v) is 6.61. The molecule has 0 aliphatic rings. The van der Waals surface area contributed by atoms with E-state index in [1.807, 2.05) is 44.2 Å². The third-order valence-corrected chi connectivity index (χ3v) is 4.37. The predicted octanol–water partition coefficient (Wildman–Crippen LogP) is 5.41. The van der Waals surface area contributed by atoms with E-state index in [0.717, 1.165) is 16.9 Å². The molecule has 2 N–H and O–H groups in total. The summed E-state index contributed by atoms with van der Waals surface area (Å²) in [6.45, 7) is 5.90. The van der Waals surface area contributed by atoms with Crippen LogP contribution in [0.2, 0.25) is 5.02 Å². The van der Waals surface area contributed by atoms with Crippen molar-refractivity contribution in [2.45, 2.75) is 20.8 Å². The lowest BCUT2D eigenvalue weighted by atomic mass is 10.2. The van der Waals surface area contributed by atoms with E-state index in [2.05, 4.69) is 20.6 Å². The summed E-state index contributed by atoms with van der Waals surface area (Å²) in [5.41, 5.74) is 3.60. The van der Waals surface area contributed by atoms with Gasteiger partial charge in [-0.1, -0.05) is 29.8 Å². The molecule has 2 aromatic carbocycles. The molecule has 0 unspecified atom stereocenters. The molecule has 3 rings (SSSR count). The standard InChI is InChI=1S/C21H21ClN4O2/c1-4-28-20(27)16-7-5-6-8-18(16)25-21-23-14(3)11-19(26-21)24-15-10-9-13(2)17(22)12-15/h5-12H,4H2,1-3H3,(H2,23,24,25,26). The Bertz CT molecular complexity index is 1010. The zero-order valence-electron chi connectivity index (χ0n) is 15.9. The van der Waals surface area contributed by atoms with Gasteiger partial charge in [0.05, 0.1) is 17.9 Å². The van der Waals surface area contributed by atoms with Gasteiger partial charge >= 0.3 is 5.97 Å². The Hall–Kier alpha value is -3.12. The van der Waals surface area contributed by atoms with Gasteiger partial charge in [0, 0.05) is 22.5 Å². The fraction of sp³-hybridized carbons (Fsp3) is 0.190. The SMILES string of the molecule is CCOC(=O)c1ccccc1Nc1nc(C)cc(Nc2ccc(C)c(Cl)c2)n1. The van der Waals surface area contributed by atoms with Crippen LogP contribution in [-0.2, 0) is 4.74 Å². The van der Waals surface area contributed by atoms with E-state index in [1.54, 1.807) is 25.1 Å². The number of nitrogens with one attached hydrogen (secondary N) is 2. The van der Waals surface area contributed by atoms with Gasteiger partial charge in [0.1, 0.15) is 5.82 Å². The molecule has 1 heterocycles. The molecule has 6 nitrogen and oxygen atoms in total. The number of ether oxygens (including phenoxy) is 1. The van der Waals surface area contributed by atoms with Crippen LogP contribution in [0, 0.1) is 13.8 Å². The number of nitrogens with zero attached hydrogens (tertiary/aromatic N) is 2. The van der Waals surface area contributed by atoms with E-state index in [-0.39, 0.29) is 0 Å². The molecule has 0 atom stereocenters. The van der Waals surface area contributed by atoms with Gasteiger partial charge in [0.25, 0.3) is 0 Å². The minimum atomic E-state index is -0.397. The number of carbonyl (C=O) groups excluding carboxylic acids is 1. The lowest BCUT2D eigenvalue weighted by Crippen LogP contribution is -2.09. The summed E-state index contributed by atoms with van der Waals surface area (Å²) in [6, 6.07) is 14.6. The third kappa shape index (κ3) is 4.78. The van der Waals surface area contributed by atoms with Crippen LogP contribution in [0.3, 0.4) is 0 Å². The molecular formula is C21H21ClN4O2. The highest BCUT2D eigenvalue weighted by Gasteiger charge is 2.13. The topological polar surface area (TPSA) is 76.1 Å². The van der Waals surface area contributed by atoms with Crippen molar-refractivity contribution in [3.8, 4) is 0 Å². The number of aryl methyl sites for hydroxylation is 2. The third-order valence-electron chi connectivity index (χ3n) is 3.97. The number of rotatable bonds is 6. The number of halogens is 1. The number of para-hydroxylation sites is 1. The molecule has 3 aromatic rings. The molecular weight excluding hydrogens is 376 g/mol. The summed E-state index contributed by atoms with van der Waals surface area (Å²) < 4.78 is 5.11. The molecule has 0 aliphatic heterocycles. The highest BCUT2D eigenvalue weighted by Crippen LogP contribution is 2.25. The molecule has 0 aliphatic carbocycles. The maximum Gasteiger partial charge on any atom is 0.340 e. The zero-order valence-corrected chi connectivity index (χ0v) is 16.7. The number of anilines is 4. The van der Waals surface area contributed by atoms with E-state index in [9.17, 15) is 4.79 Å². The van der Waals surface area contributed by atoms with Gasteiger partial charge < -0.3 is 15.4 Å². The van der Waals surface area contributed by atoms with Crippen molar-refractivity contribution in [3.63, 3.8) is 0 Å². The number of benzene rings is 2.